The lowest BCUT2D eigenvalue weighted by atomic mass is 10.0. The smallest absolute Gasteiger partial charge is 0.243 e. The Morgan fingerprint density at radius 2 is 2.06 bits per heavy atom. The van der Waals surface area contributed by atoms with Gasteiger partial charge in [0.05, 0.1) is 6.04 Å². The Kier molecular flexibility index (Phi) is 3.74. The van der Waals surface area contributed by atoms with E-state index in [2.05, 4.69) is 5.32 Å². The maximum Gasteiger partial charge on any atom is 0.243 e. The molecular formula is C13H17FN2O. The van der Waals surface area contributed by atoms with Gasteiger partial charge in [-0.2, -0.15) is 0 Å². The van der Waals surface area contributed by atoms with Gasteiger partial charge >= 0.3 is 0 Å². The number of rotatable bonds is 2. The average molecular weight is 236 g/mol. The Morgan fingerprint density at radius 1 is 1.35 bits per heavy atom. The number of benzene rings is 1. The van der Waals surface area contributed by atoms with Crippen LogP contribution in [0.3, 0.4) is 0 Å². The summed E-state index contributed by atoms with van der Waals surface area (Å²) in [6, 6.07) is 5.88. The number of amides is 1. The summed E-state index contributed by atoms with van der Waals surface area (Å²) >= 11 is 0. The van der Waals surface area contributed by atoms with Gasteiger partial charge in [0.1, 0.15) is 5.82 Å². The Morgan fingerprint density at radius 3 is 2.65 bits per heavy atom. The number of hydrogen-bond acceptors (Lipinski definition) is 2. The third-order valence-electron chi connectivity index (χ3n) is 3.15. The maximum atomic E-state index is 12.8. The summed E-state index contributed by atoms with van der Waals surface area (Å²) in [4.78, 5) is 13.7. The van der Waals surface area contributed by atoms with Crippen LogP contribution in [-0.2, 0) is 4.79 Å². The number of piperidine rings is 1. The van der Waals surface area contributed by atoms with E-state index in [0.717, 1.165) is 31.5 Å². The molecule has 17 heavy (non-hydrogen) atoms. The van der Waals surface area contributed by atoms with Crippen LogP contribution in [0.5, 0.6) is 0 Å². The number of halogens is 1. The van der Waals surface area contributed by atoms with E-state index in [9.17, 15) is 9.18 Å². The van der Waals surface area contributed by atoms with Gasteiger partial charge in [0.25, 0.3) is 0 Å². The van der Waals surface area contributed by atoms with Crippen LogP contribution in [0, 0.1) is 5.82 Å². The third-order valence-corrected chi connectivity index (χ3v) is 3.15. The molecule has 0 unspecified atom stereocenters. The molecule has 1 aromatic carbocycles. The first-order chi connectivity index (χ1) is 8.18. The van der Waals surface area contributed by atoms with Crippen LogP contribution >= 0.6 is 0 Å². The second kappa shape index (κ2) is 5.27. The summed E-state index contributed by atoms with van der Waals surface area (Å²) < 4.78 is 12.8. The zero-order valence-electron chi connectivity index (χ0n) is 9.95. The van der Waals surface area contributed by atoms with E-state index >= 15 is 0 Å². The van der Waals surface area contributed by atoms with Crippen molar-refractivity contribution in [3.63, 3.8) is 0 Å². The minimum absolute atomic E-state index is 0.0521. The first-order valence-corrected chi connectivity index (χ1v) is 5.95. The van der Waals surface area contributed by atoms with Gasteiger partial charge in [-0.05, 0) is 43.7 Å². The molecule has 0 aliphatic carbocycles. The molecule has 0 radical (unpaired) electrons. The normalized spacial score (nSPS) is 20.0. The number of nitrogens with zero attached hydrogens (tertiary/aromatic N) is 1. The van der Waals surface area contributed by atoms with Gasteiger partial charge in [-0.25, -0.2) is 4.39 Å². The standard InChI is InChI=1S/C13H17FN2O/c1-16(11-7-5-10(14)6-8-11)13(17)12-4-2-3-9-15-12/h5-8,12,15H,2-4,9H2,1H3/t12-/m1/s1. The molecule has 1 N–H and O–H groups in total. The molecule has 0 aromatic heterocycles. The van der Waals surface area contributed by atoms with Crippen molar-refractivity contribution in [2.24, 2.45) is 0 Å². The quantitative estimate of drug-likeness (QED) is 0.851. The summed E-state index contributed by atoms with van der Waals surface area (Å²) in [5.74, 6) is -0.235. The van der Waals surface area contributed by atoms with Gasteiger partial charge in [0, 0.05) is 12.7 Å². The Labute approximate surface area is 101 Å². The SMILES string of the molecule is CN(C(=O)[C@H]1CCCCN1)c1ccc(F)cc1. The molecule has 0 bridgehead atoms. The monoisotopic (exact) mass is 236 g/mol. The first-order valence-electron chi connectivity index (χ1n) is 5.95. The van der Waals surface area contributed by atoms with E-state index in [1.54, 1.807) is 24.1 Å². The van der Waals surface area contributed by atoms with E-state index in [1.165, 1.54) is 12.1 Å². The number of anilines is 1. The van der Waals surface area contributed by atoms with Crippen molar-refractivity contribution in [3.05, 3.63) is 30.1 Å². The number of likely N-dealkylation sites (N-methyl/N-ethyl adjacent to an activating group) is 1. The van der Waals surface area contributed by atoms with Gasteiger partial charge in [-0.15, -0.1) is 0 Å². The molecule has 1 atom stereocenters. The molecule has 1 aromatic rings. The molecule has 1 saturated heterocycles. The van der Waals surface area contributed by atoms with Gasteiger partial charge < -0.3 is 10.2 Å². The molecule has 4 heteroatoms. The summed E-state index contributed by atoms with van der Waals surface area (Å²) in [7, 11) is 1.73. The lowest BCUT2D eigenvalue weighted by molar-refractivity contribution is -0.120. The van der Waals surface area contributed by atoms with Crippen molar-refractivity contribution in [1.29, 1.82) is 0 Å². The largest absolute Gasteiger partial charge is 0.314 e. The van der Waals surface area contributed by atoms with E-state index in [1.807, 2.05) is 0 Å². The Hall–Kier alpha value is -1.42. The molecule has 0 saturated carbocycles. The van der Waals surface area contributed by atoms with Crippen molar-refractivity contribution >= 4 is 11.6 Å². The zero-order chi connectivity index (χ0) is 12.3. The van der Waals surface area contributed by atoms with Crippen LogP contribution in [0.2, 0.25) is 0 Å². The van der Waals surface area contributed by atoms with Crippen molar-refractivity contribution in [2.45, 2.75) is 25.3 Å². The predicted molar refractivity (Wildman–Crippen MR) is 65.5 cm³/mol. The van der Waals surface area contributed by atoms with Crippen LogP contribution in [-0.4, -0.2) is 25.5 Å². The van der Waals surface area contributed by atoms with Gasteiger partial charge in [-0.1, -0.05) is 6.42 Å². The first kappa shape index (κ1) is 12.0. The van der Waals surface area contributed by atoms with Crippen molar-refractivity contribution < 1.29 is 9.18 Å². The molecule has 2 rings (SSSR count). The summed E-state index contributed by atoms with van der Waals surface area (Å²) in [5, 5.41) is 3.22. The molecule has 92 valence electrons. The van der Waals surface area contributed by atoms with Crippen LogP contribution < -0.4 is 10.2 Å². The summed E-state index contributed by atoms with van der Waals surface area (Å²) in [6.45, 7) is 0.896. The topological polar surface area (TPSA) is 32.3 Å². The van der Waals surface area contributed by atoms with Crippen LogP contribution in [0.1, 0.15) is 19.3 Å². The van der Waals surface area contributed by atoms with E-state index in [0.29, 0.717) is 0 Å². The summed E-state index contributed by atoms with van der Waals surface area (Å²) in [6.07, 6.45) is 3.09. The maximum absolute atomic E-state index is 12.8. The molecule has 3 nitrogen and oxygen atoms in total. The Bertz CT molecular complexity index is 385. The van der Waals surface area contributed by atoms with Crippen LogP contribution in [0.4, 0.5) is 10.1 Å². The summed E-state index contributed by atoms with van der Waals surface area (Å²) in [5.41, 5.74) is 0.726. The second-order valence-electron chi connectivity index (χ2n) is 4.38. The minimum Gasteiger partial charge on any atom is -0.314 e. The highest BCUT2D eigenvalue weighted by Crippen LogP contribution is 2.16. The molecule has 0 spiro atoms. The number of carbonyl (C=O) groups excluding carboxylic acids is 1. The predicted octanol–water partition coefficient (Wildman–Crippen LogP) is 1.93. The van der Waals surface area contributed by atoms with E-state index in [-0.39, 0.29) is 17.8 Å². The second-order valence-corrected chi connectivity index (χ2v) is 4.38. The number of nitrogens with one attached hydrogen (secondary N) is 1. The van der Waals surface area contributed by atoms with Crippen molar-refractivity contribution in [3.8, 4) is 0 Å². The highest BCUT2D eigenvalue weighted by molar-refractivity contribution is 5.96. The number of carbonyl (C=O) groups is 1. The van der Waals surface area contributed by atoms with E-state index < -0.39 is 0 Å². The van der Waals surface area contributed by atoms with Gasteiger partial charge in [0.15, 0.2) is 0 Å². The lowest BCUT2D eigenvalue weighted by Crippen LogP contribution is -2.47. The van der Waals surface area contributed by atoms with Gasteiger partial charge in [0.2, 0.25) is 5.91 Å². The fourth-order valence-corrected chi connectivity index (χ4v) is 2.09. The Balaban J connectivity index is 2.05. The average Bonchev–Trinajstić information content (AvgIpc) is 2.39. The fraction of sp³-hybridized carbons (Fsp3) is 0.462. The molecule has 1 aliphatic rings. The minimum atomic E-state index is -0.287. The number of hydrogen-bond donors (Lipinski definition) is 1. The third kappa shape index (κ3) is 2.82. The molecular weight excluding hydrogens is 219 g/mol. The van der Waals surface area contributed by atoms with Crippen molar-refractivity contribution in [1.82, 2.24) is 5.32 Å². The van der Waals surface area contributed by atoms with E-state index in [4.69, 9.17) is 0 Å². The fourth-order valence-electron chi connectivity index (χ4n) is 2.09. The highest BCUT2D eigenvalue weighted by Gasteiger charge is 2.24. The van der Waals surface area contributed by atoms with Gasteiger partial charge in [-0.3, -0.25) is 4.79 Å². The van der Waals surface area contributed by atoms with Crippen LogP contribution in [0.15, 0.2) is 24.3 Å². The molecule has 1 aliphatic heterocycles. The zero-order valence-corrected chi connectivity index (χ0v) is 9.95. The van der Waals surface area contributed by atoms with Crippen LogP contribution in [0.25, 0.3) is 0 Å². The lowest BCUT2D eigenvalue weighted by Gasteiger charge is -2.27. The molecule has 1 amide bonds. The van der Waals surface area contributed by atoms with Crippen molar-refractivity contribution in [2.75, 3.05) is 18.5 Å². The highest BCUT2D eigenvalue weighted by atomic mass is 19.1. The molecule has 1 fully saturated rings. The molecule has 1 heterocycles.